The van der Waals surface area contributed by atoms with E-state index in [9.17, 15) is 9.59 Å². The minimum absolute atomic E-state index is 0.0239. The van der Waals surface area contributed by atoms with Gasteiger partial charge in [-0.15, -0.1) is 0 Å². The maximum Gasteiger partial charge on any atom is 0.441 e. The van der Waals surface area contributed by atoms with Gasteiger partial charge in [-0.1, -0.05) is 48.5 Å². The fourth-order valence-electron chi connectivity index (χ4n) is 2.05. The summed E-state index contributed by atoms with van der Waals surface area (Å²) in [5, 5.41) is 2.38. The van der Waals surface area contributed by atoms with Gasteiger partial charge in [0.1, 0.15) is 5.84 Å². The van der Waals surface area contributed by atoms with Crippen molar-refractivity contribution in [2.75, 3.05) is 0 Å². The fourth-order valence-corrected chi connectivity index (χ4v) is 2.05. The number of hydrogen-bond donors (Lipinski definition) is 2. The monoisotopic (exact) mass is 309 g/mol. The van der Waals surface area contributed by atoms with E-state index in [1.54, 1.807) is 48.5 Å². The maximum absolute atomic E-state index is 12.3. The Balaban J connectivity index is 2.01. The lowest BCUT2D eigenvalue weighted by Gasteiger charge is -1.97. The number of carbonyl (C=O) groups is 1. The largest absolute Gasteiger partial charge is 0.441 e. The highest BCUT2D eigenvalue weighted by Gasteiger charge is 2.30. The lowest BCUT2D eigenvalue weighted by molar-refractivity contribution is -0.672. The molecule has 0 unspecified atom stereocenters. The Kier molecular flexibility index (Phi) is 3.84. The summed E-state index contributed by atoms with van der Waals surface area (Å²) in [6, 6.07) is 17.6. The molecule has 0 fully saturated rings. The number of para-hydroxylation sites is 1. The van der Waals surface area contributed by atoms with Crippen LogP contribution in [0.1, 0.15) is 16.1 Å². The van der Waals surface area contributed by atoms with Crippen LogP contribution in [0.3, 0.4) is 0 Å². The van der Waals surface area contributed by atoms with E-state index in [1.165, 1.54) is 4.68 Å². The average Bonchev–Trinajstić information content (AvgIpc) is 2.98. The number of aromatic amines is 1. The molecule has 1 heterocycles. The zero-order valence-corrected chi connectivity index (χ0v) is 12.0. The van der Waals surface area contributed by atoms with Gasteiger partial charge < -0.3 is 5.73 Å². The smallest absolute Gasteiger partial charge is 0.383 e. The number of nitrogens with zero attached hydrogens (tertiary/aromatic N) is 2. The SMILES string of the molecule is NC(=NC(=O)c1c(=O)o[nH][n+]1-c1ccccc1)c1ccccc1. The van der Waals surface area contributed by atoms with Crippen LogP contribution in [0, 0.1) is 0 Å². The van der Waals surface area contributed by atoms with E-state index in [-0.39, 0.29) is 11.5 Å². The van der Waals surface area contributed by atoms with E-state index >= 15 is 0 Å². The second-order valence-corrected chi connectivity index (χ2v) is 4.67. The van der Waals surface area contributed by atoms with Gasteiger partial charge in [0.05, 0.1) is 0 Å². The van der Waals surface area contributed by atoms with Gasteiger partial charge in [0, 0.05) is 17.7 Å². The van der Waals surface area contributed by atoms with Crippen LogP contribution < -0.4 is 16.0 Å². The zero-order chi connectivity index (χ0) is 16.2. The minimum atomic E-state index is -0.816. The molecule has 0 saturated carbocycles. The predicted molar refractivity (Wildman–Crippen MR) is 82.4 cm³/mol. The summed E-state index contributed by atoms with van der Waals surface area (Å²) in [6.07, 6.45) is 0. The molecule has 3 N–H and O–H groups in total. The molecule has 7 heteroatoms. The number of aliphatic imine (C=N–C) groups is 1. The van der Waals surface area contributed by atoms with Crippen molar-refractivity contribution in [1.29, 1.82) is 0 Å². The van der Waals surface area contributed by atoms with E-state index in [0.717, 1.165) is 0 Å². The number of amidine groups is 1. The highest BCUT2D eigenvalue weighted by molar-refractivity contribution is 6.07. The van der Waals surface area contributed by atoms with Crippen molar-refractivity contribution < 1.29 is 14.0 Å². The maximum atomic E-state index is 12.3. The fraction of sp³-hybridized carbons (Fsp3) is 0. The summed E-state index contributed by atoms with van der Waals surface area (Å²) >= 11 is 0. The molecular weight excluding hydrogens is 296 g/mol. The Hall–Kier alpha value is -3.48. The summed E-state index contributed by atoms with van der Waals surface area (Å²) < 4.78 is 5.94. The normalized spacial score (nSPS) is 11.4. The topological polar surface area (TPSA) is 105 Å². The van der Waals surface area contributed by atoms with E-state index in [4.69, 9.17) is 10.3 Å². The minimum Gasteiger partial charge on any atom is -0.383 e. The zero-order valence-electron chi connectivity index (χ0n) is 12.0. The van der Waals surface area contributed by atoms with Crippen molar-refractivity contribution in [3.05, 3.63) is 82.3 Å². The second kappa shape index (κ2) is 6.10. The highest BCUT2D eigenvalue weighted by Crippen LogP contribution is 2.01. The lowest BCUT2D eigenvalue weighted by Crippen LogP contribution is -2.41. The standard InChI is InChI=1S/C16H12N4O3/c17-14(11-7-3-1-4-8-11)18-15(21)13-16(22)23-19-20(13)12-9-5-2-6-10-12/h1-10H,(H2-,17,18,19,21,22)/p+1. The van der Waals surface area contributed by atoms with Crippen LogP contribution in [-0.4, -0.2) is 17.0 Å². The molecule has 0 aliphatic rings. The third kappa shape index (κ3) is 2.93. The Morgan fingerprint density at radius 1 is 1.04 bits per heavy atom. The molecule has 3 rings (SSSR count). The number of aromatic nitrogens is 2. The molecule has 7 nitrogen and oxygen atoms in total. The first-order chi connectivity index (χ1) is 11.2. The highest BCUT2D eigenvalue weighted by atomic mass is 16.5. The summed E-state index contributed by atoms with van der Waals surface area (Å²) in [5.41, 5.74) is 5.90. The molecule has 1 aromatic heterocycles. The third-order valence-corrected chi connectivity index (χ3v) is 3.16. The molecule has 0 atom stereocenters. The molecule has 114 valence electrons. The molecular formula is C16H13N4O3+. The van der Waals surface area contributed by atoms with Crippen molar-refractivity contribution in [3.63, 3.8) is 0 Å². The van der Waals surface area contributed by atoms with E-state index in [0.29, 0.717) is 11.3 Å². The van der Waals surface area contributed by atoms with Crippen LogP contribution in [0.5, 0.6) is 0 Å². The van der Waals surface area contributed by atoms with Gasteiger partial charge in [-0.2, -0.15) is 4.99 Å². The summed E-state index contributed by atoms with van der Waals surface area (Å²) in [5.74, 6) is -0.763. The molecule has 1 amide bonds. The van der Waals surface area contributed by atoms with Gasteiger partial charge >= 0.3 is 17.2 Å². The first kappa shape index (κ1) is 14.5. The second-order valence-electron chi connectivity index (χ2n) is 4.67. The van der Waals surface area contributed by atoms with E-state index < -0.39 is 11.5 Å². The van der Waals surface area contributed by atoms with Gasteiger partial charge in [-0.3, -0.25) is 9.32 Å². The number of nitrogens with two attached hydrogens (primary N) is 1. The molecule has 0 saturated heterocycles. The Morgan fingerprint density at radius 2 is 1.65 bits per heavy atom. The molecule has 2 aromatic carbocycles. The van der Waals surface area contributed by atoms with Crippen LogP contribution in [0.25, 0.3) is 5.69 Å². The molecule has 0 spiro atoms. The van der Waals surface area contributed by atoms with Crippen molar-refractivity contribution in [3.8, 4) is 5.69 Å². The first-order valence-electron chi connectivity index (χ1n) is 6.79. The van der Waals surface area contributed by atoms with Gasteiger partial charge in [0.2, 0.25) is 5.69 Å². The average molecular weight is 309 g/mol. The summed E-state index contributed by atoms with van der Waals surface area (Å²) in [6.45, 7) is 0. The number of hydrogen-bond acceptors (Lipinski definition) is 3. The van der Waals surface area contributed by atoms with Gasteiger partial charge in [-0.05, 0) is 9.95 Å². The van der Waals surface area contributed by atoms with E-state index in [2.05, 4.69) is 10.3 Å². The summed E-state index contributed by atoms with van der Waals surface area (Å²) in [4.78, 5) is 28.0. The van der Waals surface area contributed by atoms with Crippen LogP contribution in [-0.2, 0) is 0 Å². The van der Waals surface area contributed by atoms with Crippen molar-refractivity contribution >= 4 is 11.7 Å². The van der Waals surface area contributed by atoms with Crippen LogP contribution in [0.2, 0.25) is 0 Å². The summed E-state index contributed by atoms with van der Waals surface area (Å²) in [7, 11) is 0. The molecule has 3 aromatic rings. The van der Waals surface area contributed by atoms with Crippen LogP contribution >= 0.6 is 0 Å². The lowest BCUT2D eigenvalue weighted by atomic mass is 10.2. The van der Waals surface area contributed by atoms with Gasteiger partial charge in [0.25, 0.3) is 0 Å². The van der Waals surface area contributed by atoms with Crippen molar-refractivity contribution in [2.24, 2.45) is 10.7 Å². The number of rotatable bonds is 3. The molecule has 0 aliphatic heterocycles. The number of benzene rings is 2. The molecule has 0 bridgehead atoms. The number of nitrogens with one attached hydrogen (secondary N) is 1. The van der Waals surface area contributed by atoms with Crippen LogP contribution in [0.4, 0.5) is 0 Å². The first-order valence-corrected chi connectivity index (χ1v) is 6.79. The molecule has 0 radical (unpaired) electrons. The number of H-pyrrole nitrogens is 1. The van der Waals surface area contributed by atoms with E-state index in [1.807, 2.05) is 12.1 Å². The number of amides is 1. The Bertz CT molecular complexity index is 911. The number of carbonyl (C=O) groups excluding carboxylic acids is 1. The quantitative estimate of drug-likeness (QED) is 0.424. The molecule has 0 aliphatic carbocycles. The van der Waals surface area contributed by atoms with Crippen LogP contribution in [0.15, 0.2) is 75.0 Å². The predicted octanol–water partition coefficient (Wildman–Crippen LogP) is 0.790. The van der Waals surface area contributed by atoms with Gasteiger partial charge in [0.15, 0.2) is 0 Å². The Morgan fingerprint density at radius 3 is 2.30 bits per heavy atom. The molecule has 23 heavy (non-hydrogen) atoms. The third-order valence-electron chi connectivity index (χ3n) is 3.16. The van der Waals surface area contributed by atoms with Crippen molar-refractivity contribution in [1.82, 2.24) is 5.27 Å². The van der Waals surface area contributed by atoms with Gasteiger partial charge in [-0.25, -0.2) is 4.79 Å². The van der Waals surface area contributed by atoms with Crippen molar-refractivity contribution in [2.45, 2.75) is 0 Å². The Labute approximate surface area is 130 Å².